The lowest BCUT2D eigenvalue weighted by molar-refractivity contribution is -0.127. The van der Waals surface area contributed by atoms with E-state index in [-0.39, 0.29) is 11.9 Å². The summed E-state index contributed by atoms with van der Waals surface area (Å²) in [5.41, 5.74) is 8.30. The van der Waals surface area contributed by atoms with E-state index in [1.807, 2.05) is 41.1 Å². The summed E-state index contributed by atoms with van der Waals surface area (Å²) in [4.78, 5) is 27.0. The van der Waals surface area contributed by atoms with Gasteiger partial charge in [0.15, 0.2) is 5.65 Å². The van der Waals surface area contributed by atoms with Gasteiger partial charge in [-0.05, 0) is 37.1 Å². The average molecular weight is 441 g/mol. The third-order valence-electron chi connectivity index (χ3n) is 5.72. The maximum Gasteiger partial charge on any atom is 0.246 e. The smallest absolute Gasteiger partial charge is 0.246 e. The molecule has 0 bridgehead atoms. The number of rotatable bonds is 5. The van der Waals surface area contributed by atoms with Gasteiger partial charge in [0.1, 0.15) is 23.6 Å². The zero-order chi connectivity index (χ0) is 22.8. The number of nitrogens with zero attached hydrogens (tertiary/aromatic N) is 6. The summed E-state index contributed by atoms with van der Waals surface area (Å²) in [6, 6.07) is 13.1. The van der Waals surface area contributed by atoms with Crippen LogP contribution in [-0.2, 0) is 4.79 Å². The van der Waals surface area contributed by atoms with E-state index in [9.17, 15) is 4.79 Å². The van der Waals surface area contributed by atoms with Gasteiger partial charge in [-0.2, -0.15) is 5.10 Å². The Balaban J connectivity index is 1.50. The van der Waals surface area contributed by atoms with Gasteiger partial charge in [0.2, 0.25) is 11.8 Å². The molecule has 0 aliphatic carbocycles. The van der Waals surface area contributed by atoms with Crippen LogP contribution in [0, 0.1) is 0 Å². The molecule has 1 aromatic carbocycles. The molecule has 4 aromatic rings. The normalized spacial score (nSPS) is 16.0. The molecule has 2 N–H and O–H groups in total. The van der Waals surface area contributed by atoms with Gasteiger partial charge in [-0.3, -0.25) is 4.79 Å². The SMILES string of the molecule is C=CC(=O)N1CCC[C@H](n2nc(-c3ccc(Oc4ccccc4)nc3)c3c(N)ncnc32)C1. The number of piperidine rings is 1. The van der Waals surface area contributed by atoms with Crippen LogP contribution in [0.2, 0.25) is 0 Å². The van der Waals surface area contributed by atoms with E-state index in [0.717, 1.165) is 18.4 Å². The van der Waals surface area contributed by atoms with Gasteiger partial charge >= 0.3 is 0 Å². The molecule has 9 nitrogen and oxygen atoms in total. The highest BCUT2D eigenvalue weighted by Crippen LogP contribution is 2.34. The Morgan fingerprint density at radius 3 is 2.76 bits per heavy atom. The van der Waals surface area contributed by atoms with Crippen LogP contribution in [0.1, 0.15) is 18.9 Å². The van der Waals surface area contributed by atoms with Crippen LogP contribution in [0.25, 0.3) is 22.3 Å². The van der Waals surface area contributed by atoms with Crippen molar-refractivity contribution >= 4 is 22.8 Å². The molecule has 0 radical (unpaired) electrons. The zero-order valence-corrected chi connectivity index (χ0v) is 18.0. The van der Waals surface area contributed by atoms with Crippen LogP contribution in [0.5, 0.6) is 11.6 Å². The van der Waals surface area contributed by atoms with Crippen LogP contribution in [-0.4, -0.2) is 48.6 Å². The van der Waals surface area contributed by atoms with E-state index < -0.39 is 0 Å². The van der Waals surface area contributed by atoms with Gasteiger partial charge in [-0.25, -0.2) is 19.6 Å². The molecule has 1 atom stereocenters. The zero-order valence-electron chi connectivity index (χ0n) is 18.0. The monoisotopic (exact) mass is 441 g/mol. The third-order valence-corrected chi connectivity index (χ3v) is 5.72. The fourth-order valence-corrected chi connectivity index (χ4v) is 4.13. The van der Waals surface area contributed by atoms with Crippen molar-refractivity contribution in [2.75, 3.05) is 18.8 Å². The van der Waals surface area contributed by atoms with Crippen molar-refractivity contribution in [1.29, 1.82) is 0 Å². The maximum atomic E-state index is 12.2. The number of para-hydroxylation sites is 1. The van der Waals surface area contributed by atoms with Crippen LogP contribution in [0.4, 0.5) is 5.82 Å². The number of likely N-dealkylation sites (tertiary alicyclic amines) is 1. The number of fused-ring (bicyclic) bond motifs is 1. The largest absolute Gasteiger partial charge is 0.439 e. The summed E-state index contributed by atoms with van der Waals surface area (Å²) in [6.45, 7) is 4.84. The first-order valence-electron chi connectivity index (χ1n) is 10.7. The van der Waals surface area contributed by atoms with E-state index in [1.54, 1.807) is 17.2 Å². The molecule has 9 heteroatoms. The number of nitrogen functional groups attached to an aromatic ring is 1. The number of nitrogens with two attached hydrogens (primary N) is 1. The first-order chi connectivity index (χ1) is 16.1. The summed E-state index contributed by atoms with van der Waals surface area (Å²) in [6.07, 6.45) is 6.23. The number of hydrogen-bond acceptors (Lipinski definition) is 7. The Morgan fingerprint density at radius 2 is 2.00 bits per heavy atom. The molecule has 0 saturated carbocycles. The minimum atomic E-state index is -0.0799. The lowest BCUT2D eigenvalue weighted by Crippen LogP contribution is -2.40. The summed E-state index contributed by atoms with van der Waals surface area (Å²) in [5, 5.41) is 5.54. The number of benzene rings is 1. The van der Waals surface area contributed by atoms with E-state index >= 15 is 0 Å². The summed E-state index contributed by atoms with van der Waals surface area (Å²) < 4.78 is 7.65. The second kappa shape index (κ2) is 8.70. The molecule has 5 rings (SSSR count). The minimum absolute atomic E-state index is 0.0261. The van der Waals surface area contributed by atoms with Crippen molar-refractivity contribution in [2.45, 2.75) is 18.9 Å². The van der Waals surface area contributed by atoms with Gasteiger partial charge < -0.3 is 15.4 Å². The maximum absolute atomic E-state index is 12.2. The number of carbonyl (C=O) groups excluding carboxylic acids is 1. The average Bonchev–Trinajstić information content (AvgIpc) is 3.26. The second-order valence-electron chi connectivity index (χ2n) is 7.84. The van der Waals surface area contributed by atoms with Gasteiger partial charge in [0.05, 0.1) is 11.4 Å². The van der Waals surface area contributed by atoms with E-state index in [4.69, 9.17) is 15.6 Å². The predicted molar refractivity (Wildman–Crippen MR) is 125 cm³/mol. The number of pyridine rings is 1. The molecular weight excluding hydrogens is 418 g/mol. The number of hydrogen-bond donors (Lipinski definition) is 1. The fourth-order valence-electron chi connectivity index (χ4n) is 4.13. The third kappa shape index (κ3) is 4.00. The van der Waals surface area contributed by atoms with Gasteiger partial charge in [-0.1, -0.05) is 24.8 Å². The van der Waals surface area contributed by atoms with Crippen molar-refractivity contribution < 1.29 is 9.53 Å². The minimum Gasteiger partial charge on any atom is -0.439 e. The van der Waals surface area contributed by atoms with Crippen molar-refractivity contribution in [3.63, 3.8) is 0 Å². The molecule has 1 amide bonds. The number of anilines is 1. The van der Waals surface area contributed by atoms with Crippen LogP contribution >= 0.6 is 0 Å². The molecule has 1 fully saturated rings. The number of ether oxygens (including phenoxy) is 1. The summed E-state index contributed by atoms with van der Waals surface area (Å²) >= 11 is 0. The van der Waals surface area contributed by atoms with Crippen molar-refractivity contribution in [3.8, 4) is 22.9 Å². The molecule has 166 valence electrons. The molecular formula is C24H23N7O2. The number of aromatic nitrogens is 5. The van der Waals surface area contributed by atoms with Gasteiger partial charge in [0.25, 0.3) is 0 Å². The van der Waals surface area contributed by atoms with Crippen molar-refractivity contribution in [3.05, 3.63) is 67.6 Å². The van der Waals surface area contributed by atoms with Crippen LogP contribution in [0.15, 0.2) is 67.6 Å². The lowest BCUT2D eigenvalue weighted by atomic mass is 10.1. The molecule has 3 aromatic heterocycles. The van der Waals surface area contributed by atoms with Crippen molar-refractivity contribution in [2.24, 2.45) is 0 Å². The lowest BCUT2D eigenvalue weighted by Gasteiger charge is -2.32. The highest BCUT2D eigenvalue weighted by molar-refractivity contribution is 5.98. The van der Waals surface area contributed by atoms with E-state index in [2.05, 4.69) is 21.5 Å². The fraction of sp³-hybridized carbons (Fsp3) is 0.208. The first-order valence-corrected chi connectivity index (χ1v) is 10.7. The van der Waals surface area contributed by atoms with Crippen molar-refractivity contribution in [1.82, 2.24) is 29.6 Å². The van der Waals surface area contributed by atoms with E-state index in [1.165, 1.54) is 12.4 Å². The highest BCUT2D eigenvalue weighted by atomic mass is 16.5. The Morgan fingerprint density at radius 1 is 1.15 bits per heavy atom. The highest BCUT2D eigenvalue weighted by Gasteiger charge is 2.28. The Hall–Kier alpha value is -4.27. The number of amides is 1. The topological polar surface area (TPSA) is 112 Å². The van der Waals surface area contributed by atoms with Crippen LogP contribution in [0.3, 0.4) is 0 Å². The van der Waals surface area contributed by atoms with Gasteiger partial charge in [-0.15, -0.1) is 0 Å². The molecule has 4 heterocycles. The van der Waals surface area contributed by atoms with Crippen LogP contribution < -0.4 is 10.5 Å². The molecule has 0 unspecified atom stereocenters. The summed E-state index contributed by atoms with van der Waals surface area (Å²) in [5.74, 6) is 1.45. The standard InChI is InChI=1S/C24H23N7O2/c1-2-20(32)30-12-6-7-17(14-30)31-24-21(23(25)27-15-28-24)22(29-31)16-10-11-19(26-13-16)33-18-8-4-3-5-9-18/h2-5,8-11,13,15,17H,1,6-7,12,14H2,(H2,25,27,28)/t17-/m0/s1. The van der Waals surface area contributed by atoms with E-state index in [0.29, 0.717) is 47.3 Å². The number of carbonyl (C=O) groups is 1. The molecule has 1 aliphatic heterocycles. The Bertz CT molecular complexity index is 1300. The predicted octanol–water partition coefficient (Wildman–Crippen LogP) is 3.61. The molecule has 1 aliphatic rings. The Labute approximate surface area is 190 Å². The van der Waals surface area contributed by atoms with Gasteiger partial charge in [0, 0.05) is 30.9 Å². The molecule has 0 spiro atoms. The second-order valence-corrected chi connectivity index (χ2v) is 7.84. The molecule has 1 saturated heterocycles. The molecule has 33 heavy (non-hydrogen) atoms. The summed E-state index contributed by atoms with van der Waals surface area (Å²) in [7, 11) is 0. The quantitative estimate of drug-likeness (QED) is 0.471. The first kappa shape index (κ1) is 20.6. The Kier molecular flexibility index (Phi) is 5.43.